The van der Waals surface area contributed by atoms with Crippen molar-refractivity contribution in [3.8, 4) is 5.82 Å². The summed E-state index contributed by atoms with van der Waals surface area (Å²) in [6.45, 7) is 5.86. The van der Waals surface area contributed by atoms with Crippen molar-refractivity contribution in [2.45, 2.75) is 20.3 Å². The third-order valence-corrected chi connectivity index (χ3v) is 3.20. The maximum absolute atomic E-state index is 5.76. The molecule has 2 aromatic heterocycles. The lowest BCUT2D eigenvalue weighted by molar-refractivity contribution is 0.157. The lowest BCUT2D eigenvalue weighted by Crippen LogP contribution is -2.25. The van der Waals surface area contributed by atoms with Gasteiger partial charge in [0.1, 0.15) is 5.82 Å². The number of hydrogen-bond donors (Lipinski definition) is 2. The van der Waals surface area contributed by atoms with Crippen molar-refractivity contribution in [3.63, 3.8) is 0 Å². The molecule has 0 amide bonds. The van der Waals surface area contributed by atoms with Crippen molar-refractivity contribution < 1.29 is 4.74 Å². The number of nitrogens with two attached hydrogens (primary N) is 1. The van der Waals surface area contributed by atoms with Crippen LogP contribution in [-0.2, 0) is 4.74 Å². The van der Waals surface area contributed by atoms with Gasteiger partial charge in [0.15, 0.2) is 5.82 Å². The number of aromatic nitrogens is 4. The van der Waals surface area contributed by atoms with Crippen LogP contribution in [0.1, 0.15) is 20.3 Å². The third-order valence-electron chi connectivity index (χ3n) is 3.20. The van der Waals surface area contributed by atoms with Crippen LogP contribution in [0.25, 0.3) is 5.82 Å². The standard InChI is InChI=1S/C14H22N6O/c1-14(2,5-8-21-3)10-16-11-9-12(19-13(15)18-11)20-7-4-6-17-20/h4,6-7,9H,5,8,10H2,1-3H3,(H3,15,16,18,19). The first-order chi connectivity index (χ1) is 10.00. The first-order valence-corrected chi connectivity index (χ1v) is 6.87. The number of hydrogen-bond acceptors (Lipinski definition) is 6. The minimum absolute atomic E-state index is 0.0988. The number of nitrogen functional groups attached to an aromatic ring is 1. The molecule has 0 radical (unpaired) electrons. The normalized spacial score (nSPS) is 11.6. The lowest BCUT2D eigenvalue weighted by atomic mass is 9.90. The van der Waals surface area contributed by atoms with Crippen molar-refractivity contribution in [1.29, 1.82) is 0 Å². The van der Waals surface area contributed by atoms with Gasteiger partial charge in [-0.1, -0.05) is 13.8 Å². The summed E-state index contributed by atoms with van der Waals surface area (Å²) in [5, 5.41) is 7.45. The summed E-state index contributed by atoms with van der Waals surface area (Å²) < 4.78 is 6.78. The zero-order valence-electron chi connectivity index (χ0n) is 12.7. The van der Waals surface area contributed by atoms with Crippen molar-refractivity contribution in [1.82, 2.24) is 19.7 Å². The summed E-state index contributed by atoms with van der Waals surface area (Å²) in [7, 11) is 1.71. The zero-order chi connectivity index (χ0) is 15.3. The Kier molecular flexibility index (Phi) is 4.74. The molecule has 2 aromatic rings. The second-order valence-electron chi connectivity index (χ2n) is 5.68. The molecule has 2 heterocycles. The van der Waals surface area contributed by atoms with E-state index in [0.29, 0.717) is 11.6 Å². The first-order valence-electron chi connectivity index (χ1n) is 6.87. The van der Waals surface area contributed by atoms with E-state index in [1.807, 2.05) is 18.3 Å². The summed E-state index contributed by atoms with van der Waals surface area (Å²) in [5.41, 5.74) is 5.86. The highest BCUT2D eigenvalue weighted by Gasteiger charge is 2.17. The second kappa shape index (κ2) is 6.53. The summed E-state index contributed by atoms with van der Waals surface area (Å²) >= 11 is 0. The summed E-state index contributed by atoms with van der Waals surface area (Å²) in [6, 6.07) is 3.66. The maximum atomic E-state index is 5.76. The van der Waals surface area contributed by atoms with Gasteiger partial charge in [0.25, 0.3) is 0 Å². The van der Waals surface area contributed by atoms with E-state index in [-0.39, 0.29) is 11.4 Å². The van der Waals surface area contributed by atoms with Crippen molar-refractivity contribution in [3.05, 3.63) is 24.5 Å². The number of nitrogens with zero attached hydrogens (tertiary/aromatic N) is 4. The van der Waals surface area contributed by atoms with Crippen LogP contribution in [0.5, 0.6) is 0 Å². The molecule has 0 aromatic carbocycles. The molecule has 7 nitrogen and oxygen atoms in total. The molecule has 0 unspecified atom stereocenters. The number of anilines is 2. The molecule has 0 saturated heterocycles. The molecule has 0 aliphatic rings. The molecule has 0 fully saturated rings. The topological polar surface area (TPSA) is 90.9 Å². The molecule has 0 bridgehead atoms. The monoisotopic (exact) mass is 290 g/mol. The number of rotatable bonds is 7. The van der Waals surface area contributed by atoms with Gasteiger partial charge in [-0.05, 0) is 17.9 Å². The van der Waals surface area contributed by atoms with Crippen LogP contribution >= 0.6 is 0 Å². The Bertz CT molecular complexity index is 567. The number of ether oxygens (including phenoxy) is 1. The number of nitrogens with one attached hydrogen (secondary N) is 1. The molecule has 0 spiro atoms. The predicted molar refractivity (Wildman–Crippen MR) is 82.3 cm³/mol. The fourth-order valence-electron chi connectivity index (χ4n) is 1.86. The molecule has 7 heteroatoms. The van der Waals surface area contributed by atoms with Gasteiger partial charge >= 0.3 is 0 Å². The van der Waals surface area contributed by atoms with Gasteiger partial charge in [-0.15, -0.1) is 0 Å². The molecule has 0 aliphatic heterocycles. The molecule has 21 heavy (non-hydrogen) atoms. The van der Waals surface area contributed by atoms with E-state index in [2.05, 4.69) is 34.2 Å². The largest absolute Gasteiger partial charge is 0.385 e. The van der Waals surface area contributed by atoms with Gasteiger partial charge in [0.2, 0.25) is 5.95 Å². The fourth-order valence-corrected chi connectivity index (χ4v) is 1.86. The van der Waals surface area contributed by atoms with Crippen LogP contribution in [0.15, 0.2) is 24.5 Å². The molecule has 3 N–H and O–H groups in total. The van der Waals surface area contributed by atoms with Crippen molar-refractivity contribution in [2.24, 2.45) is 5.41 Å². The van der Waals surface area contributed by atoms with Gasteiger partial charge < -0.3 is 15.8 Å². The quantitative estimate of drug-likeness (QED) is 0.807. The van der Waals surface area contributed by atoms with Crippen LogP contribution in [0.2, 0.25) is 0 Å². The zero-order valence-corrected chi connectivity index (χ0v) is 12.7. The maximum Gasteiger partial charge on any atom is 0.224 e. The van der Waals surface area contributed by atoms with E-state index in [1.165, 1.54) is 0 Å². The van der Waals surface area contributed by atoms with Crippen LogP contribution in [0.3, 0.4) is 0 Å². The van der Waals surface area contributed by atoms with Gasteiger partial charge in [0, 0.05) is 38.7 Å². The lowest BCUT2D eigenvalue weighted by Gasteiger charge is -2.24. The molecular formula is C14H22N6O. The minimum atomic E-state index is 0.0988. The van der Waals surface area contributed by atoms with E-state index in [9.17, 15) is 0 Å². The highest BCUT2D eigenvalue weighted by atomic mass is 16.5. The smallest absolute Gasteiger partial charge is 0.224 e. The average molecular weight is 290 g/mol. The first kappa shape index (κ1) is 15.2. The Morgan fingerprint density at radius 2 is 2.19 bits per heavy atom. The molecule has 2 rings (SSSR count). The summed E-state index contributed by atoms with van der Waals surface area (Å²) in [5.74, 6) is 1.56. The highest BCUT2D eigenvalue weighted by Crippen LogP contribution is 2.21. The van der Waals surface area contributed by atoms with Crippen LogP contribution in [-0.4, -0.2) is 40.0 Å². The molecule has 0 saturated carbocycles. The van der Waals surface area contributed by atoms with Gasteiger partial charge in [-0.3, -0.25) is 0 Å². The summed E-state index contributed by atoms with van der Waals surface area (Å²) in [4.78, 5) is 8.39. The Hall–Kier alpha value is -2.15. The van der Waals surface area contributed by atoms with Crippen LogP contribution in [0.4, 0.5) is 11.8 Å². The van der Waals surface area contributed by atoms with Crippen molar-refractivity contribution >= 4 is 11.8 Å². The molecule has 0 atom stereocenters. The summed E-state index contributed by atoms with van der Waals surface area (Å²) in [6.07, 6.45) is 4.47. The Morgan fingerprint density at radius 1 is 1.38 bits per heavy atom. The Morgan fingerprint density at radius 3 is 2.86 bits per heavy atom. The SMILES string of the molecule is COCCC(C)(C)CNc1cc(-n2cccn2)nc(N)n1. The molecular weight excluding hydrogens is 268 g/mol. The fraction of sp³-hybridized carbons (Fsp3) is 0.500. The van der Waals surface area contributed by atoms with E-state index in [0.717, 1.165) is 19.6 Å². The molecule has 0 aliphatic carbocycles. The Labute approximate surface area is 124 Å². The van der Waals surface area contributed by atoms with E-state index in [1.54, 1.807) is 18.0 Å². The average Bonchev–Trinajstić information content (AvgIpc) is 2.97. The predicted octanol–water partition coefficient (Wildman–Crippen LogP) is 1.72. The van der Waals surface area contributed by atoms with Crippen molar-refractivity contribution in [2.75, 3.05) is 31.3 Å². The minimum Gasteiger partial charge on any atom is -0.385 e. The van der Waals surface area contributed by atoms with E-state index >= 15 is 0 Å². The van der Waals surface area contributed by atoms with Gasteiger partial charge in [-0.2, -0.15) is 15.1 Å². The third kappa shape index (κ3) is 4.42. The Balaban J connectivity index is 2.07. The second-order valence-corrected chi connectivity index (χ2v) is 5.68. The van der Waals surface area contributed by atoms with Crippen LogP contribution in [0, 0.1) is 5.41 Å². The highest BCUT2D eigenvalue weighted by molar-refractivity contribution is 5.45. The van der Waals surface area contributed by atoms with E-state index in [4.69, 9.17) is 10.5 Å². The van der Waals surface area contributed by atoms with Crippen LogP contribution < -0.4 is 11.1 Å². The van der Waals surface area contributed by atoms with Gasteiger partial charge in [-0.25, -0.2) is 4.68 Å². The number of methoxy groups -OCH3 is 1. The van der Waals surface area contributed by atoms with Gasteiger partial charge in [0.05, 0.1) is 0 Å². The van der Waals surface area contributed by atoms with E-state index < -0.39 is 0 Å². The molecule has 114 valence electrons.